The topological polar surface area (TPSA) is 55.6 Å². The molecule has 2 saturated heterocycles. The first-order valence-electron chi connectivity index (χ1n) is 5.79. The van der Waals surface area contributed by atoms with Crippen LogP contribution in [0.4, 0.5) is 0 Å². The molecule has 2 fully saturated rings. The highest BCUT2D eigenvalue weighted by Crippen LogP contribution is 2.20. The van der Waals surface area contributed by atoms with E-state index in [1.165, 1.54) is 0 Å². The van der Waals surface area contributed by atoms with Crippen molar-refractivity contribution in [1.82, 2.24) is 4.90 Å². The van der Waals surface area contributed by atoms with Crippen molar-refractivity contribution in [1.29, 1.82) is 0 Å². The average molecular weight is 212 g/mol. The van der Waals surface area contributed by atoms with Crippen molar-refractivity contribution in [2.24, 2.45) is 17.6 Å². The van der Waals surface area contributed by atoms with E-state index in [4.69, 9.17) is 10.5 Å². The molecule has 0 aromatic carbocycles. The van der Waals surface area contributed by atoms with Crippen LogP contribution in [0.3, 0.4) is 0 Å². The number of piperidine rings is 1. The quantitative estimate of drug-likeness (QED) is 0.676. The highest BCUT2D eigenvalue weighted by molar-refractivity contribution is 5.79. The van der Waals surface area contributed by atoms with Gasteiger partial charge >= 0.3 is 0 Å². The summed E-state index contributed by atoms with van der Waals surface area (Å²) in [5.74, 6) is 0.858. The maximum absolute atomic E-state index is 12.1. The summed E-state index contributed by atoms with van der Waals surface area (Å²) in [4.78, 5) is 14.0. The lowest BCUT2D eigenvalue weighted by molar-refractivity contribution is -0.137. The van der Waals surface area contributed by atoms with Crippen molar-refractivity contribution in [3.63, 3.8) is 0 Å². The third-order valence-corrected chi connectivity index (χ3v) is 3.28. The summed E-state index contributed by atoms with van der Waals surface area (Å²) in [5, 5.41) is 0. The number of carbonyl (C=O) groups excluding carboxylic acids is 1. The summed E-state index contributed by atoms with van der Waals surface area (Å²) >= 11 is 0. The van der Waals surface area contributed by atoms with Gasteiger partial charge in [-0.15, -0.1) is 0 Å². The van der Waals surface area contributed by atoms with E-state index in [2.05, 4.69) is 6.92 Å². The standard InChI is InChI=1S/C11H20N2O2/c1-8-4-10(12)6-13(5-8)11(14)9-2-3-15-7-9/h8-10H,2-7,12H2,1H3. The Labute approximate surface area is 90.8 Å². The normalized spacial score (nSPS) is 36.9. The Hall–Kier alpha value is -0.610. The van der Waals surface area contributed by atoms with Crippen LogP contribution < -0.4 is 5.73 Å². The second-order valence-electron chi connectivity index (χ2n) is 4.90. The van der Waals surface area contributed by atoms with Crippen LogP contribution in [-0.4, -0.2) is 43.2 Å². The molecule has 4 nitrogen and oxygen atoms in total. The number of ether oxygens (including phenoxy) is 1. The molecular formula is C11H20N2O2. The van der Waals surface area contributed by atoms with E-state index in [-0.39, 0.29) is 17.9 Å². The number of amides is 1. The van der Waals surface area contributed by atoms with Gasteiger partial charge in [-0.25, -0.2) is 0 Å². The van der Waals surface area contributed by atoms with Gasteiger partial charge in [-0.1, -0.05) is 6.92 Å². The van der Waals surface area contributed by atoms with Gasteiger partial charge in [0.1, 0.15) is 0 Å². The molecular weight excluding hydrogens is 192 g/mol. The van der Waals surface area contributed by atoms with Crippen LogP contribution in [0.5, 0.6) is 0 Å². The van der Waals surface area contributed by atoms with Crippen molar-refractivity contribution in [2.75, 3.05) is 26.3 Å². The van der Waals surface area contributed by atoms with Gasteiger partial charge in [0.15, 0.2) is 0 Å². The number of likely N-dealkylation sites (tertiary alicyclic amines) is 1. The molecule has 0 bridgehead atoms. The van der Waals surface area contributed by atoms with Crippen molar-refractivity contribution >= 4 is 5.91 Å². The lowest BCUT2D eigenvalue weighted by Crippen LogP contribution is -2.50. The number of nitrogens with zero attached hydrogens (tertiary/aromatic N) is 1. The Morgan fingerprint density at radius 3 is 2.87 bits per heavy atom. The summed E-state index contributed by atoms with van der Waals surface area (Å²) in [6.45, 7) is 5.07. The molecule has 0 aromatic rings. The van der Waals surface area contributed by atoms with Crippen LogP contribution in [0.15, 0.2) is 0 Å². The minimum atomic E-state index is 0.0856. The lowest BCUT2D eigenvalue weighted by Gasteiger charge is -2.36. The highest BCUT2D eigenvalue weighted by atomic mass is 16.5. The zero-order chi connectivity index (χ0) is 10.8. The Morgan fingerprint density at radius 2 is 2.27 bits per heavy atom. The fraction of sp³-hybridized carbons (Fsp3) is 0.909. The lowest BCUT2D eigenvalue weighted by atomic mass is 9.95. The molecule has 2 aliphatic rings. The van der Waals surface area contributed by atoms with Crippen LogP contribution in [0.2, 0.25) is 0 Å². The fourth-order valence-corrected chi connectivity index (χ4v) is 2.57. The molecule has 0 spiro atoms. The SMILES string of the molecule is CC1CC(N)CN(C(=O)C2CCOC2)C1. The minimum Gasteiger partial charge on any atom is -0.381 e. The number of hydrogen-bond acceptors (Lipinski definition) is 3. The van der Waals surface area contributed by atoms with Gasteiger partial charge in [-0.05, 0) is 18.8 Å². The van der Waals surface area contributed by atoms with E-state index in [9.17, 15) is 4.79 Å². The molecule has 2 N–H and O–H groups in total. The predicted molar refractivity (Wildman–Crippen MR) is 57.3 cm³/mol. The largest absolute Gasteiger partial charge is 0.381 e. The van der Waals surface area contributed by atoms with Crippen molar-refractivity contribution in [2.45, 2.75) is 25.8 Å². The van der Waals surface area contributed by atoms with Crippen molar-refractivity contribution in [3.05, 3.63) is 0 Å². The minimum absolute atomic E-state index is 0.0856. The first-order chi connectivity index (χ1) is 7.16. The summed E-state index contributed by atoms with van der Waals surface area (Å²) < 4.78 is 5.24. The van der Waals surface area contributed by atoms with Crippen molar-refractivity contribution in [3.8, 4) is 0 Å². The third-order valence-electron chi connectivity index (χ3n) is 3.28. The third kappa shape index (κ3) is 2.49. The molecule has 15 heavy (non-hydrogen) atoms. The molecule has 0 saturated carbocycles. The number of carbonyl (C=O) groups is 1. The zero-order valence-electron chi connectivity index (χ0n) is 9.32. The van der Waals surface area contributed by atoms with Crippen molar-refractivity contribution < 1.29 is 9.53 Å². The Balaban J connectivity index is 1.93. The molecule has 0 aromatic heterocycles. The molecule has 2 heterocycles. The first-order valence-corrected chi connectivity index (χ1v) is 5.79. The number of nitrogens with two attached hydrogens (primary N) is 1. The maximum Gasteiger partial charge on any atom is 0.228 e. The molecule has 3 unspecified atom stereocenters. The van der Waals surface area contributed by atoms with Gasteiger partial charge < -0.3 is 15.4 Å². The Morgan fingerprint density at radius 1 is 1.47 bits per heavy atom. The van der Waals surface area contributed by atoms with Crippen LogP contribution >= 0.6 is 0 Å². The molecule has 3 atom stereocenters. The zero-order valence-corrected chi connectivity index (χ0v) is 9.32. The van der Waals surface area contributed by atoms with Crippen LogP contribution in [0, 0.1) is 11.8 Å². The van der Waals surface area contributed by atoms with Gasteiger partial charge in [0.2, 0.25) is 5.91 Å². The smallest absolute Gasteiger partial charge is 0.228 e. The van der Waals surface area contributed by atoms with E-state index < -0.39 is 0 Å². The fourth-order valence-electron chi connectivity index (χ4n) is 2.57. The van der Waals surface area contributed by atoms with Crippen LogP contribution in [0.25, 0.3) is 0 Å². The Kier molecular flexibility index (Phi) is 3.26. The molecule has 1 amide bonds. The van der Waals surface area contributed by atoms with Crippen LogP contribution in [-0.2, 0) is 9.53 Å². The molecule has 0 radical (unpaired) electrons. The second kappa shape index (κ2) is 4.49. The first kappa shape index (κ1) is 10.9. The average Bonchev–Trinajstić information content (AvgIpc) is 2.67. The maximum atomic E-state index is 12.1. The molecule has 0 aliphatic carbocycles. The predicted octanol–water partition coefficient (Wildman–Crippen LogP) is 0.219. The van der Waals surface area contributed by atoms with E-state index in [1.807, 2.05) is 4.90 Å². The van der Waals surface area contributed by atoms with E-state index in [0.717, 1.165) is 32.5 Å². The van der Waals surface area contributed by atoms with Gasteiger partial charge in [0, 0.05) is 25.7 Å². The molecule has 2 aliphatic heterocycles. The monoisotopic (exact) mass is 212 g/mol. The molecule has 4 heteroatoms. The van der Waals surface area contributed by atoms with E-state index in [0.29, 0.717) is 12.5 Å². The highest BCUT2D eigenvalue weighted by Gasteiger charge is 2.32. The number of rotatable bonds is 1. The van der Waals surface area contributed by atoms with E-state index in [1.54, 1.807) is 0 Å². The van der Waals surface area contributed by atoms with Gasteiger partial charge in [-0.2, -0.15) is 0 Å². The Bertz CT molecular complexity index is 229. The van der Waals surface area contributed by atoms with Crippen LogP contribution in [0.1, 0.15) is 19.8 Å². The van der Waals surface area contributed by atoms with E-state index >= 15 is 0 Å². The summed E-state index contributed by atoms with van der Waals surface area (Å²) in [6, 6.07) is 0.153. The summed E-state index contributed by atoms with van der Waals surface area (Å²) in [5.41, 5.74) is 5.93. The van der Waals surface area contributed by atoms with Gasteiger partial charge in [0.25, 0.3) is 0 Å². The summed E-state index contributed by atoms with van der Waals surface area (Å²) in [6.07, 6.45) is 1.91. The molecule has 2 rings (SSSR count). The van der Waals surface area contributed by atoms with Gasteiger partial charge in [-0.3, -0.25) is 4.79 Å². The van der Waals surface area contributed by atoms with Gasteiger partial charge in [0.05, 0.1) is 12.5 Å². The molecule has 86 valence electrons. The second-order valence-corrected chi connectivity index (χ2v) is 4.90. The number of hydrogen-bond donors (Lipinski definition) is 1. The summed E-state index contributed by atoms with van der Waals surface area (Å²) in [7, 11) is 0.